The first kappa shape index (κ1) is 20.0. The van der Waals surface area contributed by atoms with Gasteiger partial charge in [-0.2, -0.15) is 4.31 Å². The fraction of sp³-hybridized carbons (Fsp3) is 0.300. The highest BCUT2D eigenvalue weighted by Gasteiger charge is 2.39. The van der Waals surface area contributed by atoms with Gasteiger partial charge in [0.2, 0.25) is 15.9 Å². The Balaban J connectivity index is 1.76. The maximum atomic E-state index is 13.0. The summed E-state index contributed by atoms with van der Waals surface area (Å²) in [5, 5.41) is 2.73. The topological polar surface area (TPSA) is 92.8 Å². The second-order valence-electron chi connectivity index (χ2n) is 6.65. The predicted molar refractivity (Wildman–Crippen MR) is 105 cm³/mol. The number of aryl methyl sites for hydroxylation is 1. The number of rotatable bonds is 5. The number of sulfonamides is 1. The van der Waals surface area contributed by atoms with Gasteiger partial charge < -0.3 is 10.1 Å². The molecule has 8 heteroatoms. The van der Waals surface area contributed by atoms with Gasteiger partial charge in [-0.05, 0) is 56.2 Å². The third-order valence-electron chi connectivity index (χ3n) is 4.71. The van der Waals surface area contributed by atoms with E-state index in [1.54, 1.807) is 36.4 Å². The summed E-state index contributed by atoms with van der Waals surface area (Å²) in [6, 6.07) is 12.1. The van der Waals surface area contributed by atoms with E-state index < -0.39 is 22.0 Å². The lowest BCUT2D eigenvalue weighted by atomic mass is 10.2. The molecular weight excluding hydrogens is 380 g/mol. The van der Waals surface area contributed by atoms with Crippen molar-refractivity contribution in [2.45, 2.75) is 30.7 Å². The molecule has 2 aromatic carbocycles. The van der Waals surface area contributed by atoms with Crippen LogP contribution in [0.2, 0.25) is 0 Å². The second kappa shape index (κ2) is 8.12. The first-order valence-electron chi connectivity index (χ1n) is 8.90. The number of benzene rings is 2. The molecule has 0 saturated carbocycles. The molecule has 2 aromatic rings. The zero-order valence-corrected chi connectivity index (χ0v) is 16.5. The summed E-state index contributed by atoms with van der Waals surface area (Å²) in [4.78, 5) is 24.4. The maximum absolute atomic E-state index is 13.0. The SMILES string of the molecule is COC(=O)c1ccc(NC(=O)[C@@H]2CCCN2S(=O)(=O)c2ccc(C)cc2)cc1. The molecule has 0 radical (unpaired) electrons. The van der Waals surface area contributed by atoms with Crippen LogP contribution in [0.4, 0.5) is 5.69 Å². The Morgan fingerprint density at radius 3 is 2.32 bits per heavy atom. The Labute approximate surface area is 164 Å². The molecule has 1 aliphatic heterocycles. The number of carbonyl (C=O) groups excluding carboxylic acids is 2. The van der Waals surface area contributed by atoms with Crippen LogP contribution >= 0.6 is 0 Å². The molecular formula is C20H22N2O5S. The highest BCUT2D eigenvalue weighted by atomic mass is 32.2. The molecule has 1 N–H and O–H groups in total. The van der Waals surface area contributed by atoms with Gasteiger partial charge in [-0.15, -0.1) is 0 Å². The Kier molecular flexibility index (Phi) is 5.81. The fourth-order valence-electron chi connectivity index (χ4n) is 3.17. The van der Waals surface area contributed by atoms with Crippen LogP contribution in [0.5, 0.6) is 0 Å². The van der Waals surface area contributed by atoms with Crippen molar-refractivity contribution in [1.29, 1.82) is 0 Å². The predicted octanol–water partition coefficient (Wildman–Crippen LogP) is 2.57. The zero-order valence-electron chi connectivity index (χ0n) is 15.7. The second-order valence-corrected chi connectivity index (χ2v) is 8.54. The van der Waals surface area contributed by atoms with Crippen LogP contribution in [0.3, 0.4) is 0 Å². The van der Waals surface area contributed by atoms with Crippen molar-refractivity contribution < 1.29 is 22.7 Å². The number of esters is 1. The summed E-state index contributed by atoms with van der Waals surface area (Å²) in [6.45, 7) is 2.18. The van der Waals surface area contributed by atoms with Crippen molar-refractivity contribution in [3.63, 3.8) is 0 Å². The number of amides is 1. The summed E-state index contributed by atoms with van der Waals surface area (Å²) in [5.74, 6) is -0.858. The van der Waals surface area contributed by atoms with Gasteiger partial charge in [0.25, 0.3) is 0 Å². The minimum atomic E-state index is -3.75. The highest BCUT2D eigenvalue weighted by Crippen LogP contribution is 2.27. The zero-order chi connectivity index (χ0) is 20.3. The van der Waals surface area contributed by atoms with E-state index in [1.165, 1.54) is 23.5 Å². The van der Waals surface area contributed by atoms with E-state index >= 15 is 0 Å². The number of methoxy groups -OCH3 is 1. The number of hydrogen-bond donors (Lipinski definition) is 1. The van der Waals surface area contributed by atoms with Crippen molar-refractivity contribution in [2.24, 2.45) is 0 Å². The molecule has 0 bridgehead atoms. The summed E-state index contributed by atoms with van der Waals surface area (Å²) in [6.07, 6.45) is 1.07. The van der Waals surface area contributed by atoms with E-state index in [2.05, 4.69) is 10.1 Å². The summed E-state index contributed by atoms with van der Waals surface area (Å²) in [7, 11) is -2.46. The summed E-state index contributed by atoms with van der Waals surface area (Å²) >= 11 is 0. The van der Waals surface area contributed by atoms with Crippen molar-refractivity contribution >= 4 is 27.6 Å². The molecule has 1 aliphatic rings. The standard InChI is InChI=1S/C20H22N2O5S/c1-14-5-11-17(12-6-14)28(25,26)22-13-3-4-18(22)19(23)21-16-9-7-15(8-10-16)20(24)27-2/h5-12,18H,3-4,13H2,1-2H3,(H,21,23)/t18-/m0/s1. The Morgan fingerprint density at radius 1 is 1.07 bits per heavy atom. The summed E-state index contributed by atoms with van der Waals surface area (Å²) < 4.78 is 31.8. The van der Waals surface area contributed by atoms with E-state index in [0.717, 1.165) is 5.56 Å². The van der Waals surface area contributed by atoms with Crippen LogP contribution in [0, 0.1) is 6.92 Å². The lowest BCUT2D eigenvalue weighted by Gasteiger charge is -2.23. The largest absolute Gasteiger partial charge is 0.465 e. The lowest BCUT2D eigenvalue weighted by molar-refractivity contribution is -0.119. The van der Waals surface area contributed by atoms with Crippen molar-refractivity contribution in [3.8, 4) is 0 Å². The minimum Gasteiger partial charge on any atom is -0.465 e. The molecule has 1 atom stereocenters. The van der Waals surface area contributed by atoms with Gasteiger partial charge in [-0.3, -0.25) is 4.79 Å². The smallest absolute Gasteiger partial charge is 0.337 e. The van der Waals surface area contributed by atoms with Crippen molar-refractivity contribution in [3.05, 3.63) is 59.7 Å². The van der Waals surface area contributed by atoms with E-state index in [-0.39, 0.29) is 10.8 Å². The van der Waals surface area contributed by atoms with E-state index in [9.17, 15) is 18.0 Å². The fourth-order valence-corrected chi connectivity index (χ4v) is 4.82. The number of carbonyl (C=O) groups is 2. The number of ether oxygens (including phenoxy) is 1. The van der Waals surface area contributed by atoms with Gasteiger partial charge in [-0.25, -0.2) is 13.2 Å². The summed E-state index contributed by atoms with van der Waals surface area (Å²) in [5.41, 5.74) is 1.81. The van der Waals surface area contributed by atoms with E-state index in [1.807, 2.05) is 6.92 Å². The van der Waals surface area contributed by atoms with Crippen LogP contribution in [0.25, 0.3) is 0 Å². The number of anilines is 1. The Hall–Kier alpha value is -2.71. The highest BCUT2D eigenvalue weighted by molar-refractivity contribution is 7.89. The number of nitrogens with zero attached hydrogens (tertiary/aromatic N) is 1. The molecule has 3 rings (SSSR count). The Morgan fingerprint density at radius 2 is 1.71 bits per heavy atom. The van der Waals surface area contributed by atoms with Crippen LogP contribution in [0.1, 0.15) is 28.8 Å². The number of hydrogen-bond acceptors (Lipinski definition) is 5. The van der Waals surface area contributed by atoms with Gasteiger partial charge in [0, 0.05) is 12.2 Å². The average Bonchev–Trinajstić information content (AvgIpc) is 3.19. The van der Waals surface area contributed by atoms with E-state index in [4.69, 9.17) is 0 Å². The molecule has 148 valence electrons. The molecule has 1 heterocycles. The van der Waals surface area contributed by atoms with Crippen molar-refractivity contribution in [2.75, 3.05) is 19.0 Å². The third-order valence-corrected chi connectivity index (χ3v) is 6.63. The van der Waals surface area contributed by atoms with Crippen LogP contribution in [-0.2, 0) is 19.6 Å². The van der Waals surface area contributed by atoms with Crippen molar-refractivity contribution in [1.82, 2.24) is 4.31 Å². The van der Waals surface area contributed by atoms with Gasteiger partial charge in [-0.1, -0.05) is 17.7 Å². The van der Waals surface area contributed by atoms with E-state index in [0.29, 0.717) is 30.6 Å². The molecule has 1 amide bonds. The first-order chi connectivity index (χ1) is 13.3. The van der Waals surface area contributed by atoms with Crippen LogP contribution in [0.15, 0.2) is 53.4 Å². The first-order valence-corrected chi connectivity index (χ1v) is 10.3. The third kappa shape index (κ3) is 4.07. The van der Waals surface area contributed by atoms with Crippen LogP contribution in [-0.4, -0.2) is 44.3 Å². The molecule has 0 aliphatic carbocycles. The van der Waals surface area contributed by atoms with Gasteiger partial charge in [0.15, 0.2) is 0 Å². The molecule has 7 nitrogen and oxygen atoms in total. The van der Waals surface area contributed by atoms with Crippen LogP contribution < -0.4 is 5.32 Å². The quantitative estimate of drug-likeness (QED) is 0.776. The maximum Gasteiger partial charge on any atom is 0.337 e. The molecule has 1 saturated heterocycles. The number of nitrogens with one attached hydrogen (secondary N) is 1. The average molecular weight is 402 g/mol. The minimum absolute atomic E-state index is 0.181. The molecule has 0 unspecified atom stereocenters. The molecule has 0 spiro atoms. The molecule has 28 heavy (non-hydrogen) atoms. The van der Waals surface area contributed by atoms with Gasteiger partial charge >= 0.3 is 5.97 Å². The monoisotopic (exact) mass is 402 g/mol. The van der Waals surface area contributed by atoms with Gasteiger partial charge in [0.1, 0.15) is 6.04 Å². The molecule has 0 aromatic heterocycles. The Bertz CT molecular complexity index is 969. The normalized spacial score (nSPS) is 17.3. The molecule has 1 fully saturated rings. The van der Waals surface area contributed by atoms with Gasteiger partial charge in [0.05, 0.1) is 17.6 Å². The lowest BCUT2D eigenvalue weighted by Crippen LogP contribution is -2.43.